The number of aromatic nitrogens is 1. The summed E-state index contributed by atoms with van der Waals surface area (Å²) in [7, 11) is -3.07. The molecule has 1 aliphatic rings. The van der Waals surface area contributed by atoms with Crippen LogP contribution in [-0.2, 0) is 14.6 Å². The fourth-order valence-electron chi connectivity index (χ4n) is 2.47. The Morgan fingerprint density at radius 1 is 1.33 bits per heavy atom. The molecule has 1 aromatic heterocycles. The van der Waals surface area contributed by atoms with Gasteiger partial charge in [-0.05, 0) is 24.5 Å². The zero-order chi connectivity index (χ0) is 17.7. The van der Waals surface area contributed by atoms with Crippen LogP contribution in [0, 0.1) is 5.92 Å². The summed E-state index contributed by atoms with van der Waals surface area (Å²) in [5.74, 6) is -0.478. The molecule has 0 saturated carbocycles. The van der Waals surface area contributed by atoms with Crippen molar-refractivity contribution in [3.8, 4) is 0 Å². The number of nitrogens with one attached hydrogen (secondary N) is 3. The van der Waals surface area contributed by atoms with Crippen LogP contribution in [0.2, 0.25) is 0 Å². The Morgan fingerprint density at radius 2 is 2.08 bits per heavy atom. The maximum absolute atomic E-state index is 12.4. The van der Waals surface area contributed by atoms with E-state index in [0.717, 1.165) is 0 Å². The first kappa shape index (κ1) is 18.2. The van der Waals surface area contributed by atoms with Gasteiger partial charge in [0.25, 0.3) is 0 Å². The number of hydrogen-bond donors (Lipinski definition) is 3. The van der Waals surface area contributed by atoms with Crippen LogP contribution in [0.25, 0.3) is 0 Å². The Balaban J connectivity index is 1.93. The quantitative estimate of drug-likeness (QED) is 0.713. The monoisotopic (exact) mass is 354 g/mol. The third-order valence-electron chi connectivity index (χ3n) is 3.73. The second-order valence-electron chi connectivity index (χ2n) is 6.17. The summed E-state index contributed by atoms with van der Waals surface area (Å²) in [6.07, 6.45) is 3.50. The normalized spacial score (nSPS) is 20.4. The van der Waals surface area contributed by atoms with E-state index >= 15 is 0 Å². The van der Waals surface area contributed by atoms with E-state index in [9.17, 15) is 18.0 Å². The highest BCUT2D eigenvalue weighted by molar-refractivity contribution is 7.91. The van der Waals surface area contributed by atoms with E-state index in [2.05, 4.69) is 20.9 Å². The molecule has 132 valence electrons. The molecule has 1 fully saturated rings. The molecule has 3 N–H and O–H groups in total. The van der Waals surface area contributed by atoms with Gasteiger partial charge in [0.2, 0.25) is 5.91 Å². The van der Waals surface area contributed by atoms with Gasteiger partial charge in [-0.2, -0.15) is 0 Å². The Hall–Kier alpha value is -2.16. The van der Waals surface area contributed by atoms with Crippen molar-refractivity contribution in [2.45, 2.75) is 32.4 Å². The van der Waals surface area contributed by atoms with Crippen LogP contribution >= 0.6 is 0 Å². The van der Waals surface area contributed by atoms with Crippen molar-refractivity contribution in [2.24, 2.45) is 5.92 Å². The Labute approximate surface area is 141 Å². The molecule has 9 heteroatoms. The van der Waals surface area contributed by atoms with Gasteiger partial charge in [0.1, 0.15) is 6.04 Å². The van der Waals surface area contributed by atoms with Gasteiger partial charge < -0.3 is 16.0 Å². The van der Waals surface area contributed by atoms with E-state index in [1.54, 1.807) is 18.3 Å². The van der Waals surface area contributed by atoms with Crippen molar-refractivity contribution >= 4 is 27.5 Å². The summed E-state index contributed by atoms with van der Waals surface area (Å²) in [6.45, 7) is 3.63. The summed E-state index contributed by atoms with van der Waals surface area (Å²) >= 11 is 0. The molecular weight excluding hydrogens is 332 g/mol. The highest BCUT2D eigenvalue weighted by atomic mass is 32.2. The van der Waals surface area contributed by atoms with Gasteiger partial charge in [-0.3, -0.25) is 9.78 Å². The molecule has 8 nitrogen and oxygen atoms in total. The first-order valence-corrected chi connectivity index (χ1v) is 9.57. The maximum Gasteiger partial charge on any atom is 0.315 e. The molecular formula is C15H22N4O4S. The molecule has 1 unspecified atom stereocenters. The standard InChI is InChI=1S/C15H22N4O4S/c1-10(2)13(14(20)17-11-4-3-6-16-8-11)19-15(21)18-12-5-7-24(22,23)9-12/h3-4,6,8,10,12-13H,5,7,9H2,1-2H3,(H,17,20)(H2,18,19,21)/t12?,13-/m0/s1. The number of carbonyl (C=O) groups is 2. The lowest BCUT2D eigenvalue weighted by molar-refractivity contribution is -0.118. The van der Waals surface area contributed by atoms with Gasteiger partial charge in [-0.15, -0.1) is 0 Å². The molecule has 0 bridgehead atoms. The molecule has 3 amide bonds. The second kappa shape index (κ2) is 7.61. The predicted molar refractivity (Wildman–Crippen MR) is 90.2 cm³/mol. The fourth-order valence-corrected chi connectivity index (χ4v) is 4.14. The van der Waals surface area contributed by atoms with Crippen LogP contribution < -0.4 is 16.0 Å². The number of pyridine rings is 1. The van der Waals surface area contributed by atoms with Gasteiger partial charge in [0, 0.05) is 12.2 Å². The largest absolute Gasteiger partial charge is 0.334 e. The number of urea groups is 1. The lowest BCUT2D eigenvalue weighted by atomic mass is 10.0. The minimum absolute atomic E-state index is 0.0609. The van der Waals surface area contributed by atoms with E-state index in [1.165, 1.54) is 6.20 Å². The lowest BCUT2D eigenvalue weighted by Gasteiger charge is -2.23. The van der Waals surface area contributed by atoms with Crippen LogP contribution in [0.1, 0.15) is 20.3 Å². The first-order chi connectivity index (χ1) is 11.3. The molecule has 24 heavy (non-hydrogen) atoms. The number of amides is 3. The summed E-state index contributed by atoms with van der Waals surface area (Å²) in [5, 5.41) is 7.93. The van der Waals surface area contributed by atoms with Gasteiger partial charge in [0.15, 0.2) is 9.84 Å². The minimum atomic E-state index is -3.07. The highest BCUT2D eigenvalue weighted by Gasteiger charge is 2.30. The van der Waals surface area contributed by atoms with Crippen LogP contribution in [0.3, 0.4) is 0 Å². The topological polar surface area (TPSA) is 117 Å². The molecule has 1 aliphatic heterocycles. The molecule has 1 aromatic rings. The van der Waals surface area contributed by atoms with Crippen LogP contribution in [0.15, 0.2) is 24.5 Å². The molecule has 0 spiro atoms. The predicted octanol–water partition coefficient (Wildman–Crippen LogP) is 0.531. The highest BCUT2D eigenvalue weighted by Crippen LogP contribution is 2.12. The van der Waals surface area contributed by atoms with E-state index in [-0.39, 0.29) is 23.3 Å². The van der Waals surface area contributed by atoms with Crippen molar-refractivity contribution < 1.29 is 18.0 Å². The number of carbonyl (C=O) groups excluding carboxylic acids is 2. The summed E-state index contributed by atoms with van der Waals surface area (Å²) in [4.78, 5) is 28.3. The fraction of sp³-hybridized carbons (Fsp3) is 0.533. The lowest BCUT2D eigenvalue weighted by Crippen LogP contribution is -2.52. The smallest absolute Gasteiger partial charge is 0.315 e. The van der Waals surface area contributed by atoms with Crippen LogP contribution in [0.4, 0.5) is 10.5 Å². The number of sulfone groups is 1. The zero-order valence-electron chi connectivity index (χ0n) is 13.7. The van der Waals surface area contributed by atoms with Crippen molar-refractivity contribution in [2.75, 3.05) is 16.8 Å². The Morgan fingerprint density at radius 3 is 2.62 bits per heavy atom. The van der Waals surface area contributed by atoms with Crippen LogP contribution in [-0.4, -0.2) is 48.9 Å². The van der Waals surface area contributed by atoms with Crippen molar-refractivity contribution in [1.29, 1.82) is 0 Å². The summed E-state index contributed by atoms with van der Waals surface area (Å²) in [6, 6.07) is 1.69. The second-order valence-corrected chi connectivity index (χ2v) is 8.40. The van der Waals surface area contributed by atoms with Gasteiger partial charge in [-0.25, -0.2) is 13.2 Å². The number of hydrogen-bond acceptors (Lipinski definition) is 5. The number of anilines is 1. The molecule has 0 aliphatic carbocycles. The zero-order valence-corrected chi connectivity index (χ0v) is 14.5. The molecule has 2 heterocycles. The summed E-state index contributed by atoms with van der Waals surface area (Å²) in [5.41, 5.74) is 0.539. The van der Waals surface area contributed by atoms with E-state index in [0.29, 0.717) is 12.1 Å². The SMILES string of the molecule is CC(C)[C@H](NC(=O)NC1CCS(=O)(=O)C1)C(=O)Nc1cccnc1. The maximum atomic E-state index is 12.4. The average molecular weight is 354 g/mol. The Kier molecular flexibility index (Phi) is 5.76. The molecule has 2 atom stereocenters. The van der Waals surface area contributed by atoms with Gasteiger partial charge in [-0.1, -0.05) is 13.8 Å². The van der Waals surface area contributed by atoms with Gasteiger partial charge >= 0.3 is 6.03 Å². The summed E-state index contributed by atoms with van der Waals surface area (Å²) < 4.78 is 22.8. The number of nitrogens with zero attached hydrogens (tertiary/aromatic N) is 1. The van der Waals surface area contributed by atoms with Crippen molar-refractivity contribution in [3.63, 3.8) is 0 Å². The molecule has 0 radical (unpaired) electrons. The van der Waals surface area contributed by atoms with E-state index < -0.39 is 28.0 Å². The first-order valence-electron chi connectivity index (χ1n) is 7.75. The van der Waals surface area contributed by atoms with E-state index in [4.69, 9.17) is 0 Å². The van der Waals surface area contributed by atoms with Crippen molar-refractivity contribution in [1.82, 2.24) is 15.6 Å². The third kappa shape index (κ3) is 5.19. The average Bonchev–Trinajstić information content (AvgIpc) is 2.84. The molecule has 1 saturated heterocycles. The minimum Gasteiger partial charge on any atom is -0.334 e. The van der Waals surface area contributed by atoms with Crippen LogP contribution in [0.5, 0.6) is 0 Å². The van der Waals surface area contributed by atoms with E-state index in [1.807, 2.05) is 13.8 Å². The van der Waals surface area contributed by atoms with Gasteiger partial charge in [0.05, 0.1) is 23.4 Å². The number of rotatable bonds is 5. The Bertz CT molecular complexity index is 691. The molecule has 0 aromatic carbocycles. The third-order valence-corrected chi connectivity index (χ3v) is 5.50. The molecule has 2 rings (SSSR count). The van der Waals surface area contributed by atoms with Crippen molar-refractivity contribution in [3.05, 3.63) is 24.5 Å².